The Morgan fingerprint density at radius 3 is 0.932 bits per heavy atom. The van der Waals surface area contributed by atoms with Crippen LogP contribution in [0.1, 0.15) is 45.4 Å². The van der Waals surface area contributed by atoms with Gasteiger partial charge in [0, 0.05) is 13.5 Å². The van der Waals surface area contributed by atoms with Crippen LogP contribution in [-0.4, -0.2) is 158 Å². The molecule has 0 aliphatic rings. The first kappa shape index (κ1) is 43.0. The number of rotatable bonds is 39. The Balaban J connectivity index is 3.08. The summed E-state index contributed by atoms with van der Waals surface area (Å²) in [6.45, 7) is 13.2. The van der Waals surface area contributed by atoms with Gasteiger partial charge in [-0.1, -0.05) is 32.6 Å². The Hall–Kier alpha value is -0.970. The van der Waals surface area contributed by atoms with Crippen molar-refractivity contribution in [3.63, 3.8) is 0 Å². The number of hydrogen-bond acceptors (Lipinski definition) is 13. The third-order valence-electron chi connectivity index (χ3n) is 5.76. The second-order valence-corrected chi connectivity index (χ2v) is 9.50. The Morgan fingerprint density at radius 1 is 0.364 bits per heavy atom. The molecule has 0 saturated carbocycles. The molecule has 0 rings (SSSR count). The van der Waals surface area contributed by atoms with E-state index in [1.807, 2.05) is 0 Å². The minimum Gasteiger partial charge on any atom is -0.463 e. The van der Waals surface area contributed by atoms with Crippen molar-refractivity contribution in [3.05, 3.63) is 0 Å². The summed E-state index contributed by atoms with van der Waals surface area (Å²) in [5, 5.41) is 0. The highest BCUT2D eigenvalue weighted by atomic mass is 16.6. The number of carbonyl (C=O) groups is 1. The molecule has 0 heterocycles. The molecular weight excluding hydrogens is 580 g/mol. The van der Waals surface area contributed by atoms with Gasteiger partial charge in [-0.15, -0.1) is 0 Å². The van der Waals surface area contributed by atoms with Crippen LogP contribution in [0, 0.1) is 0 Å². The molecule has 0 aromatic heterocycles. The normalized spacial score (nSPS) is 11.4. The molecule has 0 unspecified atom stereocenters. The van der Waals surface area contributed by atoms with Gasteiger partial charge in [-0.3, -0.25) is 4.79 Å². The molecule has 0 atom stereocenters. The number of hydrogen-bond donors (Lipinski definition) is 0. The van der Waals surface area contributed by atoms with Gasteiger partial charge in [0.25, 0.3) is 0 Å². The van der Waals surface area contributed by atoms with Gasteiger partial charge in [-0.2, -0.15) is 0 Å². The summed E-state index contributed by atoms with van der Waals surface area (Å²) in [5.41, 5.74) is 0. The van der Waals surface area contributed by atoms with Crippen LogP contribution in [0.25, 0.3) is 0 Å². The van der Waals surface area contributed by atoms with Crippen molar-refractivity contribution < 1.29 is 61.6 Å². The Labute approximate surface area is 265 Å². The Bertz CT molecular complexity index is 543. The van der Waals surface area contributed by atoms with Crippen LogP contribution in [0.15, 0.2) is 0 Å². The van der Waals surface area contributed by atoms with Gasteiger partial charge in [0.2, 0.25) is 0 Å². The van der Waals surface area contributed by atoms with E-state index in [1.165, 1.54) is 19.3 Å². The number of ether oxygens (including phenoxy) is 12. The fourth-order valence-corrected chi connectivity index (χ4v) is 3.38. The summed E-state index contributed by atoms with van der Waals surface area (Å²) in [6.07, 6.45) is 6.08. The molecule has 0 N–H and O–H groups in total. The monoisotopic (exact) mass is 642 g/mol. The molecule has 0 bridgehead atoms. The number of unbranched alkanes of at least 4 members (excludes halogenated alkanes) is 4. The molecule has 13 heteroatoms. The van der Waals surface area contributed by atoms with Gasteiger partial charge in [-0.25, -0.2) is 0 Å². The molecule has 0 saturated heterocycles. The quantitative estimate of drug-likeness (QED) is 0.0721. The maximum atomic E-state index is 11.6. The zero-order chi connectivity index (χ0) is 31.9. The summed E-state index contributed by atoms with van der Waals surface area (Å²) < 4.78 is 64.3. The standard InChI is InChI=1S/C31H62O13/c1-3-4-5-6-7-8-31(32)44-30-29-43-28-27-42-26-25-41-24-23-40-22-21-39-20-19-38-18-17-37-16-15-36-14-13-35-12-11-34-10-9-33-2/h3-30H2,1-2H3. The average Bonchev–Trinajstić information content (AvgIpc) is 3.03. The van der Waals surface area contributed by atoms with Crippen molar-refractivity contribution in [2.24, 2.45) is 0 Å². The second kappa shape index (κ2) is 40.1. The van der Waals surface area contributed by atoms with E-state index in [2.05, 4.69) is 6.92 Å². The van der Waals surface area contributed by atoms with Crippen LogP contribution < -0.4 is 0 Å². The molecule has 0 aliphatic heterocycles. The number of methoxy groups -OCH3 is 1. The zero-order valence-corrected chi connectivity index (χ0v) is 27.6. The highest BCUT2D eigenvalue weighted by molar-refractivity contribution is 5.69. The lowest BCUT2D eigenvalue weighted by atomic mass is 10.1. The van der Waals surface area contributed by atoms with E-state index in [1.54, 1.807) is 7.11 Å². The fourth-order valence-electron chi connectivity index (χ4n) is 3.38. The minimum absolute atomic E-state index is 0.147. The lowest BCUT2D eigenvalue weighted by Gasteiger charge is -2.09. The van der Waals surface area contributed by atoms with Crippen LogP contribution in [0.5, 0.6) is 0 Å². The Morgan fingerprint density at radius 2 is 0.636 bits per heavy atom. The lowest BCUT2D eigenvalue weighted by Crippen LogP contribution is -2.15. The molecular formula is C31H62O13. The van der Waals surface area contributed by atoms with Crippen LogP contribution in [-0.2, 0) is 61.6 Å². The summed E-state index contributed by atoms with van der Waals surface area (Å²) in [5.74, 6) is -0.147. The lowest BCUT2D eigenvalue weighted by molar-refractivity contribution is -0.145. The first-order chi connectivity index (χ1) is 21.8. The van der Waals surface area contributed by atoms with Crippen LogP contribution in [0.2, 0.25) is 0 Å². The van der Waals surface area contributed by atoms with E-state index in [-0.39, 0.29) is 12.6 Å². The van der Waals surface area contributed by atoms with Gasteiger partial charge in [0.1, 0.15) is 6.61 Å². The Kier molecular flexibility index (Phi) is 39.2. The number of esters is 1. The highest BCUT2D eigenvalue weighted by Gasteiger charge is 2.02. The van der Waals surface area contributed by atoms with E-state index in [4.69, 9.17) is 56.8 Å². The molecule has 0 aromatic rings. The second-order valence-electron chi connectivity index (χ2n) is 9.50. The molecule has 0 aliphatic carbocycles. The number of carbonyl (C=O) groups excluding carboxylic acids is 1. The smallest absolute Gasteiger partial charge is 0.305 e. The molecule has 0 fully saturated rings. The summed E-state index contributed by atoms with van der Waals surface area (Å²) in [4.78, 5) is 11.6. The van der Waals surface area contributed by atoms with E-state index >= 15 is 0 Å². The third-order valence-corrected chi connectivity index (χ3v) is 5.76. The topological polar surface area (TPSA) is 128 Å². The van der Waals surface area contributed by atoms with Crippen molar-refractivity contribution in [1.82, 2.24) is 0 Å². The minimum atomic E-state index is -0.147. The summed E-state index contributed by atoms with van der Waals surface area (Å²) >= 11 is 0. The van der Waals surface area contributed by atoms with Crippen LogP contribution in [0.4, 0.5) is 0 Å². The maximum Gasteiger partial charge on any atom is 0.305 e. The molecule has 264 valence electrons. The van der Waals surface area contributed by atoms with Crippen molar-refractivity contribution in [1.29, 1.82) is 0 Å². The summed E-state index contributed by atoms with van der Waals surface area (Å²) in [6, 6.07) is 0. The van der Waals surface area contributed by atoms with E-state index in [9.17, 15) is 4.79 Å². The van der Waals surface area contributed by atoms with Gasteiger partial charge >= 0.3 is 5.97 Å². The van der Waals surface area contributed by atoms with E-state index in [0.29, 0.717) is 145 Å². The zero-order valence-electron chi connectivity index (χ0n) is 27.6. The first-order valence-corrected chi connectivity index (χ1v) is 16.2. The van der Waals surface area contributed by atoms with Crippen LogP contribution >= 0.6 is 0 Å². The fraction of sp³-hybridized carbons (Fsp3) is 0.968. The van der Waals surface area contributed by atoms with Gasteiger partial charge in [-0.05, 0) is 6.42 Å². The van der Waals surface area contributed by atoms with Gasteiger partial charge < -0.3 is 56.8 Å². The highest BCUT2D eigenvalue weighted by Crippen LogP contribution is 2.05. The van der Waals surface area contributed by atoms with Gasteiger partial charge in [0.05, 0.1) is 139 Å². The molecule has 0 radical (unpaired) electrons. The molecule has 0 aromatic carbocycles. The van der Waals surface area contributed by atoms with Crippen molar-refractivity contribution in [2.45, 2.75) is 45.4 Å². The SMILES string of the molecule is CCCCCCCC(=O)OCCOCCOCCOCCOCCOCCOCCOCCOCCOCCOCCOC. The largest absolute Gasteiger partial charge is 0.463 e. The molecule has 13 nitrogen and oxygen atoms in total. The predicted octanol–water partition coefficient (Wildman–Crippen LogP) is 2.70. The average molecular weight is 643 g/mol. The van der Waals surface area contributed by atoms with Crippen molar-refractivity contribution in [2.75, 3.05) is 152 Å². The van der Waals surface area contributed by atoms with Gasteiger partial charge in [0.15, 0.2) is 0 Å². The van der Waals surface area contributed by atoms with E-state index in [0.717, 1.165) is 12.8 Å². The predicted molar refractivity (Wildman–Crippen MR) is 164 cm³/mol. The summed E-state index contributed by atoms with van der Waals surface area (Å²) in [7, 11) is 1.64. The molecule has 0 spiro atoms. The van der Waals surface area contributed by atoms with Crippen molar-refractivity contribution >= 4 is 5.97 Å². The maximum absolute atomic E-state index is 11.6. The first-order valence-electron chi connectivity index (χ1n) is 16.2. The van der Waals surface area contributed by atoms with Crippen LogP contribution in [0.3, 0.4) is 0 Å². The molecule has 0 amide bonds. The third kappa shape index (κ3) is 39.1. The molecule has 44 heavy (non-hydrogen) atoms. The van der Waals surface area contributed by atoms with Crippen molar-refractivity contribution in [3.8, 4) is 0 Å². The van der Waals surface area contributed by atoms with E-state index < -0.39 is 0 Å².